The molecule has 2 heterocycles. The van der Waals surface area contributed by atoms with Gasteiger partial charge in [-0.15, -0.1) is 5.10 Å². The van der Waals surface area contributed by atoms with Gasteiger partial charge in [-0.1, -0.05) is 12.1 Å². The second kappa shape index (κ2) is 8.03. The number of benzene rings is 2. The third kappa shape index (κ3) is 3.87. The molecular weight excluding hydrogens is 376 g/mol. The normalized spacial score (nSPS) is 17.0. The Bertz CT molecular complexity index is 1090. The Morgan fingerprint density at radius 1 is 1.13 bits per heavy atom. The molecule has 2 aliphatic rings. The van der Waals surface area contributed by atoms with Gasteiger partial charge in [0, 0.05) is 42.1 Å². The molecular formula is C24H26N4O2. The zero-order chi connectivity index (χ0) is 20.5. The number of hydrogen-bond acceptors (Lipinski definition) is 5. The van der Waals surface area contributed by atoms with Crippen LogP contribution in [0.2, 0.25) is 0 Å². The lowest BCUT2D eigenvalue weighted by Crippen LogP contribution is -2.27. The van der Waals surface area contributed by atoms with E-state index < -0.39 is 0 Å². The van der Waals surface area contributed by atoms with E-state index in [0.29, 0.717) is 18.2 Å². The lowest BCUT2D eigenvalue weighted by atomic mass is 9.96. The molecule has 0 bridgehead atoms. The highest BCUT2D eigenvalue weighted by Crippen LogP contribution is 2.31. The zero-order valence-corrected chi connectivity index (χ0v) is 17.2. The summed E-state index contributed by atoms with van der Waals surface area (Å²) in [5.41, 5.74) is 4.01. The van der Waals surface area contributed by atoms with E-state index in [1.807, 2.05) is 24.4 Å². The van der Waals surface area contributed by atoms with Gasteiger partial charge in [0.2, 0.25) is 0 Å². The van der Waals surface area contributed by atoms with E-state index in [0.717, 1.165) is 72.2 Å². The summed E-state index contributed by atoms with van der Waals surface area (Å²) in [5.74, 6) is 0.926. The van der Waals surface area contributed by atoms with Crippen molar-refractivity contribution in [3.63, 3.8) is 0 Å². The molecule has 30 heavy (non-hydrogen) atoms. The van der Waals surface area contributed by atoms with E-state index in [9.17, 15) is 4.79 Å². The number of nitrogens with zero attached hydrogens (tertiary/aromatic N) is 3. The van der Waals surface area contributed by atoms with Crippen molar-refractivity contribution >= 4 is 22.5 Å². The van der Waals surface area contributed by atoms with Gasteiger partial charge < -0.3 is 15.0 Å². The van der Waals surface area contributed by atoms with Crippen LogP contribution in [0.5, 0.6) is 0 Å². The van der Waals surface area contributed by atoms with Gasteiger partial charge in [0.05, 0.1) is 12.8 Å². The minimum atomic E-state index is 0.0103. The largest absolute Gasteiger partial charge is 0.380 e. The Hall–Kier alpha value is -2.99. The van der Waals surface area contributed by atoms with E-state index in [1.54, 1.807) is 0 Å². The van der Waals surface area contributed by atoms with Crippen LogP contribution in [0.3, 0.4) is 0 Å². The molecule has 1 aromatic heterocycles. The molecule has 2 fully saturated rings. The van der Waals surface area contributed by atoms with Crippen molar-refractivity contribution in [3.8, 4) is 11.1 Å². The minimum Gasteiger partial charge on any atom is -0.380 e. The molecule has 1 saturated carbocycles. The predicted molar refractivity (Wildman–Crippen MR) is 118 cm³/mol. The first-order valence-electron chi connectivity index (χ1n) is 10.7. The molecule has 1 N–H and O–H groups in total. The number of aryl methyl sites for hydroxylation is 1. The van der Waals surface area contributed by atoms with Crippen LogP contribution in [0, 0.1) is 6.92 Å². The maximum atomic E-state index is 12.5. The van der Waals surface area contributed by atoms with Gasteiger partial charge in [-0.3, -0.25) is 4.79 Å². The van der Waals surface area contributed by atoms with Crippen LogP contribution in [0.1, 0.15) is 35.2 Å². The SMILES string of the molecule is Cc1ccc(C(=O)NC2CC2)cc1-c1ccc2c(N3CCCOCC3)nncc2c1. The quantitative estimate of drug-likeness (QED) is 0.720. The summed E-state index contributed by atoms with van der Waals surface area (Å²) in [5, 5.41) is 13.9. The fourth-order valence-corrected chi connectivity index (χ4v) is 4.00. The monoisotopic (exact) mass is 402 g/mol. The van der Waals surface area contributed by atoms with Crippen LogP contribution in [0.4, 0.5) is 5.82 Å². The maximum absolute atomic E-state index is 12.5. The van der Waals surface area contributed by atoms with Gasteiger partial charge in [0.1, 0.15) is 0 Å². The Kier molecular flexibility index (Phi) is 5.09. The summed E-state index contributed by atoms with van der Waals surface area (Å²) in [6.07, 6.45) is 4.98. The molecule has 1 amide bonds. The molecule has 6 nitrogen and oxygen atoms in total. The van der Waals surface area contributed by atoms with Gasteiger partial charge in [-0.2, -0.15) is 5.10 Å². The molecule has 6 heteroatoms. The molecule has 0 unspecified atom stereocenters. The van der Waals surface area contributed by atoms with Crippen molar-refractivity contribution < 1.29 is 9.53 Å². The zero-order valence-electron chi connectivity index (χ0n) is 17.2. The van der Waals surface area contributed by atoms with E-state index in [1.165, 1.54) is 0 Å². The average molecular weight is 402 g/mol. The number of carbonyl (C=O) groups is 1. The Labute approximate surface area is 176 Å². The molecule has 1 aliphatic heterocycles. The fourth-order valence-electron chi connectivity index (χ4n) is 4.00. The van der Waals surface area contributed by atoms with Crippen molar-refractivity contribution in [2.45, 2.75) is 32.2 Å². The number of nitrogens with one attached hydrogen (secondary N) is 1. The summed E-state index contributed by atoms with van der Waals surface area (Å²) >= 11 is 0. The highest BCUT2D eigenvalue weighted by Gasteiger charge is 2.24. The first-order chi connectivity index (χ1) is 14.7. The van der Waals surface area contributed by atoms with Crippen molar-refractivity contribution in [1.29, 1.82) is 0 Å². The first-order valence-corrected chi connectivity index (χ1v) is 10.7. The molecule has 0 radical (unpaired) electrons. The van der Waals surface area contributed by atoms with Gasteiger partial charge >= 0.3 is 0 Å². The van der Waals surface area contributed by atoms with Crippen LogP contribution < -0.4 is 10.2 Å². The molecule has 0 atom stereocenters. The van der Waals surface area contributed by atoms with Crippen LogP contribution in [-0.4, -0.2) is 48.4 Å². The van der Waals surface area contributed by atoms with Crippen molar-refractivity contribution in [1.82, 2.24) is 15.5 Å². The smallest absolute Gasteiger partial charge is 0.251 e. The van der Waals surface area contributed by atoms with Crippen LogP contribution in [0.25, 0.3) is 21.9 Å². The van der Waals surface area contributed by atoms with Gasteiger partial charge in [0.25, 0.3) is 5.91 Å². The van der Waals surface area contributed by atoms with E-state index in [2.05, 4.69) is 45.5 Å². The van der Waals surface area contributed by atoms with Crippen molar-refractivity contribution in [2.24, 2.45) is 0 Å². The molecule has 3 aromatic rings. The van der Waals surface area contributed by atoms with E-state index >= 15 is 0 Å². The molecule has 5 rings (SSSR count). The van der Waals surface area contributed by atoms with E-state index in [4.69, 9.17) is 4.74 Å². The Morgan fingerprint density at radius 2 is 2.03 bits per heavy atom. The second-order valence-corrected chi connectivity index (χ2v) is 8.20. The molecule has 154 valence electrons. The lowest BCUT2D eigenvalue weighted by molar-refractivity contribution is 0.0951. The third-order valence-electron chi connectivity index (χ3n) is 5.89. The average Bonchev–Trinajstić information content (AvgIpc) is 3.60. The summed E-state index contributed by atoms with van der Waals surface area (Å²) < 4.78 is 5.58. The minimum absolute atomic E-state index is 0.0103. The predicted octanol–water partition coefficient (Wildman–Crippen LogP) is 3.72. The number of carbonyl (C=O) groups excluding carboxylic acids is 1. The third-order valence-corrected chi connectivity index (χ3v) is 5.89. The maximum Gasteiger partial charge on any atom is 0.251 e. The number of hydrogen-bond donors (Lipinski definition) is 1. The standard InChI is InChI=1S/C24H26N4O2/c1-16-3-4-18(24(29)26-20-6-7-20)14-22(16)17-5-8-21-19(13-17)15-25-27-23(21)28-9-2-11-30-12-10-28/h3-5,8,13-15,20H,2,6-7,9-12H2,1H3,(H,26,29). The first kappa shape index (κ1) is 19.0. The number of aromatic nitrogens is 2. The number of rotatable bonds is 4. The van der Waals surface area contributed by atoms with E-state index in [-0.39, 0.29) is 5.91 Å². The summed E-state index contributed by atoms with van der Waals surface area (Å²) in [4.78, 5) is 14.8. The molecule has 1 aliphatic carbocycles. The lowest BCUT2D eigenvalue weighted by Gasteiger charge is -2.21. The van der Waals surface area contributed by atoms with Gasteiger partial charge in [-0.25, -0.2) is 0 Å². The fraction of sp³-hybridized carbons (Fsp3) is 0.375. The molecule has 1 saturated heterocycles. The highest BCUT2D eigenvalue weighted by atomic mass is 16.5. The Morgan fingerprint density at radius 3 is 2.90 bits per heavy atom. The van der Waals surface area contributed by atoms with Crippen molar-refractivity contribution in [3.05, 3.63) is 53.7 Å². The Balaban J connectivity index is 1.50. The van der Waals surface area contributed by atoms with Crippen LogP contribution in [0.15, 0.2) is 42.6 Å². The van der Waals surface area contributed by atoms with Gasteiger partial charge in [0.15, 0.2) is 5.82 Å². The highest BCUT2D eigenvalue weighted by molar-refractivity contribution is 5.98. The molecule has 0 spiro atoms. The van der Waals surface area contributed by atoms with Gasteiger partial charge in [-0.05, 0) is 67.1 Å². The van der Waals surface area contributed by atoms with Crippen molar-refractivity contribution in [2.75, 3.05) is 31.2 Å². The number of amides is 1. The number of anilines is 1. The number of ether oxygens (including phenoxy) is 1. The summed E-state index contributed by atoms with van der Waals surface area (Å²) in [6, 6.07) is 12.7. The molecule has 2 aromatic carbocycles. The summed E-state index contributed by atoms with van der Waals surface area (Å²) in [7, 11) is 0. The van der Waals surface area contributed by atoms with Crippen LogP contribution in [-0.2, 0) is 4.74 Å². The number of fused-ring (bicyclic) bond motifs is 1. The topological polar surface area (TPSA) is 67.4 Å². The second-order valence-electron chi connectivity index (χ2n) is 8.20. The van der Waals surface area contributed by atoms with Crippen LogP contribution >= 0.6 is 0 Å². The summed E-state index contributed by atoms with van der Waals surface area (Å²) in [6.45, 7) is 5.34.